The molecule has 0 aromatic heterocycles. The van der Waals surface area contributed by atoms with Crippen molar-refractivity contribution in [1.82, 2.24) is 0 Å². The molecule has 2 aromatic rings. The minimum Gasteiger partial charge on any atom is -0.489 e. The summed E-state index contributed by atoms with van der Waals surface area (Å²) in [4.78, 5) is 0. The number of anilines is 1. The lowest BCUT2D eigenvalue weighted by Crippen LogP contribution is -1.98. The zero-order valence-electron chi connectivity index (χ0n) is 9.29. The van der Waals surface area contributed by atoms with Gasteiger partial charge in [-0.25, -0.2) is 4.39 Å². The van der Waals surface area contributed by atoms with Gasteiger partial charge in [-0.2, -0.15) is 0 Å². The zero-order valence-corrected chi connectivity index (χ0v) is 12.5. The minimum absolute atomic E-state index is 0.272. The third-order valence-electron chi connectivity index (χ3n) is 2.32. The van der Waals surface area contributed by atoms with E-state index in [0.29, 0.717) is 15.9 Å². The molecule has 18 heavy (non-hydrogen) atoms. The van der Waals surface area contributed by atoms with Gasteiger partial charge >= 0.3 is 0 Å². The van der Waals surface area contributed by atoms with E-state index in [9.17, 15) is 4.39 Å². The first-order chi connectivity index (χ1) is 8.56. The van der Waals surface area contributed by atoms with E-state index < -0.39 is 0 Å². The minimum atomic E-state index is -0.301. The van der Waals surface area contributed by atoms with Crippen LogP contribution in [-0.2, 0) is 6.61 Å². The molecular formula is C13H10Br2FNO. The molecule has 0 atom stereocenters. The molecule has 0 amide bonds. The summed E-state index contributed by atoms with van der Waals surface area (Å²) in [6.45, 7) is 0.272. The fourth-order valence-electron chi connectivity index (χ4n) is 1.49. The van der Waals surface area contributed by atoms with Crippen LogP contribution in [0.5, 0.6) is 5.75 Å². The summed E-state index contributed by atoms with van der Waals surface area (Å²) >= 11 is 6.53. The summed E-state index contributed by atoms with van der Waals surface area (Å²) in [6, 6.07) is 10.2. The topological polar surface area (TPSA) is 35.2 Å². The molecule has 2 rings (SSSR count). The normalized spacial score (nSPS) is 10.4. The lowest BCUT2D eigenvalue weighted by molar-refractivity contribution is 0.304. The van der Waals surface area contributed by atoms with Crippen LogP contribution in [0.1, 0.15) is 5.56 Å². The molecule has 0 heterocycles. The molecule has 0 radical (unpaired) electrons. The van der Waals surface area contributed by atoms with Gasteiger partial charge in [-0.05, 0) is 34.1 Å². The Bertz CT molecular complexity index is 555. The monoisotopic (exact) mass is 373 g/mol. The largest absolute Gasteiger partial charge is 0.489 e. The molecule has 2 aromatic carbocycles. The fourth-order valence-corrected chi connectivity index (χ4v) is 2.36. The number of ether oxygens (including phenoxy) is 1. The van der Waals surface area contributed by atoms with Crippen molar-refractivity contribution in [1.29, 1.82) is 0 Å². The second kappa shape index (κ2) is 5.71. The Morgan fingerprint density at radius 2 is 1.94 bits per heavy atom. The van der Waals surface area contributed by atoms with E-state index in [0.717, 1.165) is 10.0 Å². The van der Waals surface area contributed by atoms with Crippen LogP contribution >= 0.6 is 31.9 Å². The smallest absolute Gasteiger partial charge is 0.137 e. The van der Waals surface area contributed by atoms with Gasteiger partial charge in [0.2, 0.25) is 0 Å². The van der Waals surface area contributed by atoms with Gasteiger partial charge < -0.3 is 10.5 Å². The molecular weight excluding hydrogens is 365 g/mol. The highest BCUT2D eigenvalue weighted by atomic mass is 79.9. The van der Waals surface area contributed by atoms with Crippen LogP contribution in [-0.4, -0.2) is 0 Å². The predicted octanol–water partition coefficient (Wildman–Crippen LogP) is 4.51. The summed E-state index contributed by atoms with van der Waals surface area (Å²) in [5, 5.41) is 0. The number of nitrogens with two attached hydrogens (primary N) is 1. The average Bonchev–Trinajstić information content (AvgIpc) is 2.30. The summed E-state index contributed by atoms with van der Waals surface area (Å²) in [6.07, 6.45) is 0. The number of hydrogen-bond acceptors (Lipinski definition) is 2. The average molecular weight is 375 g/mol. The predicted molar refractivity (Wildman–Crippen MR) is 77.0 cm³/mol. The highest BCUT2D eigenvalue weighted by Gasteiger charge is 2.06. The Morgan fingerprint density at radius 1 is 1.17 bits per heavy atom. The molecule has 0 spiro atoms. The van der Waals surface area contributed by atoms with E-state index in [-0.39, 0.29) is 12.4 Å². The molecule has 5 heteroatoms. The molecule has 0 aliphatic heterocycles. The molecule has 0 aliphatic carbocycles. The van der Waals surface area contributed by atoms with Crippen LogP contribution in [0.3, 0.4) is 0 Å². The van der Waals surface area contributed by atoms with Crippen molar-refractivity contribution in [3.63, 3.8) is 0 Å². The van der Waals surface area contributed by atoms with E-state index in [1.54, 1.807) is 24.3 Å². The number of hydrogen-bond donors (Lipinski definition) is 1. The molecule has 0 saturated carbocycles. The van der Waals surface area contributed by atoms with E-state index in [4.69, 9.17) is 10.5 Å². The summed E-state index contributed by atoms with van der Waals surface area (Å²) < 4.78 is 20.2. The van der Waals surface area contributed by atoms with Crippen molar-refractivity contribution >= 4 is 37.5 Å². The lowest BCUT2D eigenvalue weighted by Gasteiger charge is -2.09. The number of rotatable bonds is 3. The highest BCUT2D eigenvalue weighted by Crippen LogP contribution is 2.25. The summed E-state index contributed by atoms with van der Waals surface area (Å²) in [7, 11) is 0. The van der Waals surface area contributed by atoms with Gasteiger partial charge in [0.15, 0.2) is 0 Å². The summed E-state index contributed by atoms with van der Waals surface area (Å²) in [5.41, 5.74) is 7.06. The van der Waals surface area contributed by atoms with Crippen LogP contribution in [0, 0.1) is 5.82 Å². The van der Waals surface area contributed by atoms with Crippen molar-refractivity contribution in [2.75, 3.05) is 5.73 Å². The fraction of sp³-hybridized carbons (Fsp3) is 0.0769. The van der Waals surface area contributed by atoms with Crippen LogP contribution in [0.2, 0.25) is 0 Å². The van der Waals surface area contributed by atoms with Gasteiger partial charge in [0.25, 0.3) is 0 Å². The van der Waals surface area contributed by atoms with E-state index in [2.05, 4.69) is 31.9 Å². The Hall–Kier alpha value is -1.07. The number of benzene rings is 2. The SMILES string of the molecule is Nc1cc(Br)cc(OCc2cccc(F)c2Br)c1. The first kappa shape index (κ1) is 13.4. The molecule has 0 fully saturated rings. The first-order valence-electron chi connectivity index (χ1n) is 5.18. The number of halogens is 3. The second-order valence-corrected chi connectivity index (χ2v) is 5.43. The lowest BCUT2D eigenvalue weighted by atomic mass is 10.2. The third-order valence-corrected chi connectivity index (χ3v) is 3.67. The Morgan fingerprint density at radius 3 is 2.67 bits per heavy atom. The van der Waals surface area contributed by atoms with Gasteiger partial charge in [-0.15, -0.1) is 0 Å². The van der Waals surface area contributed by atoms with Crippen LogP contribution in [0.4, 0.5) is 10.1 Å². The van der Waals surface area contributed by atoms with Crippen molar-refractivity contribution < 1.29 is 9.13 Å². The van der Waals surface area contributed by atoms with Crippen molar-refractivity contribution in [3.8, 4) is 5.75 Å². The molecule has 2 N–H and O–H groups in total. The Balaban J connectivity index is 2.14. The summed E-state index contributed by atoms with van der Waals surface area (Å²) in [5.74, 6) is 0.336. The van der Waals surface area contributed by atoms with Crippen molar-refractivity contribution in [3.05, 3.63) is 56.7 Å². The quantitative estimate of drug-likeness (QED) is 0.802. The van der Waals surface area contributed by atoms with Gasteiger partial charge in [0, 0.05) is 21.8 Å². The maximum atomic E-state index is 13.3. The van der Waals surface area contributed by atoms with Gasteiger partial charge in [0.05, 0.1) is 4.47 Å². The maximum absolute atomic E-state index is 13.3. The second-order valence-electron chi connectivity index (χ2n) is 3.72. The number of nitrogen functional groups attached to an aromatic ring is 1. The van der Waals surface area contributed by atoms with Gasteiger partial charge in [0.1, 0.15) is 18.2 Å². The van der Waals surface area contributed by atoms with Crippen molar-refractivity contribution in [2.24, 2.45) is 0 Å². The molecule has 0 bridgehead atoms. The molecule has 0 unspecified atom stereocenters. The van der Waals surface area contributed by atoms with Crippen LogP contribution < -0.4 is 10.5 Å². The van der Waals surface area contributed by atoms with E-state index in [1.165, 1.54) is 6.07 Å². The Labute approximate surface area is 121 Å². The van der Waals surface area contributed by atoms with E-state index >= 15 is 0 Å². The van der Waals surface area contributed by atoms with Crippen LogP contribution in [0.25, 0.3) is 0 Å². The van der Waals surface area contributed by atoms with E-state index in [1.807, 2.05) is 6.07 Å². The molecule has 0 saturated heterocycles. The molecule has 2 nitrogen and oxygen atoms in total. The Kier molecular flexibility index (Phi) is 4.24. The third kappa shape index (κ3) is 3.23. The van der Waals surface area contributed by atoms with Gasteiger partial charge in [-0.1, -0.05) is 28.1 Å². The van der Waals surface area contributed by atoms with Crippen LogP contribution in [0.15, 0.2) is 45.3 Å². The highest BCUT2D eigenvalue weighted by molar-refractivity contribution is 9.10. The standard InChI is InChI=1S/C13H10Br2FNO/c14-9-4-10(17)6-11(5-9)18-7-8-2-1-3-12(16)13(8)15/h1-6H,7,17H2. The molecule has 94 valence electrons. The first-order valence-corrected chi connectivity index (χ1v) is 6.76. The molecule has 0 aliphatic rings. The maximum Gasteiger partial charge on any atom is 0.137 e. The van der Waals surface area contributed by atoms with Gasteiger partial charge in [-0.3, -0.25) is 0 Å². The zero-order chi connectivity index (χ0) is 13.1. The van der Waals surface area contributed by atoms with Crippen molar-refractivity contribution in [2.45, 2.75) is 6.61 Å².